The lowest BCUT2D eigenvalue weighted by Crippen LogP contribution is -2.16. The van der Waals surface area contributed by atoms with E-state index in [4.69, 9.17) is 4.74 Å². The van der Waals surface area contributed by atoms with Gasteiger partial charge < -0.3 is 19.6 Å². The van der Waals surface area contributed by atoms with Crippen LogP contribution in [0.25, 0.3) is 10.9 Å². The van der Waals surface area contributed by atoms with E-state index in [1.807, 2.05) is 24.8 Å². The molecule has 0 aliphatic carbocycles. The summed E-state index contributed by atoms with van der Waals surface area (Å²) in [5.74, 6) is 0.892. The average Bonchev–Trinajstić information content (AvgIpc) is 3.16. The van der Waals surface area contributed by atoms with Crippen LogP contribution in [-0.4, -0.2) is 28.2 Å². The molecule has 0 spiro atoms. The maximum Gasteiger partial charge on any atom is 0.119 e. The van der Waals surface area contributed by atoms with Crippen molar-refractivity contribution in [2.24, 2.45) is 0 Å². The van der Waals surface area contributed by atoms with Gasteiger partial charge in [-0.3, -0.25) is 0 Å². The third-order valence-corrected chi connectivity index (χ3v) is 3.62. The van der Waals surface area contributed by atoms with Crippen LogP contribution in [-0.2, 0) is 13.1 Å². The monoisotopic (exact) mass is 284 g/mol. The second-order valence-electron chi connectivity index (χ2n) is 5.06. The Labute approximate surface area is 124 Å². The molecule has 0 amide bonds. The molecular formula is C16H20N4O. The number of aryl methyl sites for hydroxylation is 1. The highest BCUT2D eigenvalue weighted by molar-refractivity contribution is 5.84. The zero-order valence-corrected chi connectivity index (χ0v) is 12.2. The van der Waals surface area contributed by atoms with Gasteiger partial charge >= 0.3 is 0 Å². The van der Waals surface area contributed by atoms with Gasteiger partial charge in [-0.25, -0.2) is 4.98 Å². The smallest absolute Gasteiger partial charge is 0.119 e. The van der Waals surface area contributed by atoms with Crippen LogP contribution in [0.3, 0.4) is 0 Å². The largest absolute Gasteiger partial charge is 0.497 e. The molecule has 0 aliphatic heterocycles. The Balaban J connectivity index is 1.53. The first-order chi connectivity index (χ1) is 10.4. The third-order valence-electron chi connectivity index (χ3n) is 3.62. The maximum absolute atomic E-state index is 5.29. The number of benzene rings is 1. The summed E-state index contributed by atoms with van der Waals surface area (Å²) in [5.41, 5.74) is 2.41. The summed E-state index contributed by atoms with van der Waals surface area (Å²) in [6.45, 7) is 2.83. The lowest BCUT2D eigenvalue weighted by molar-refractivity contribution is 0.415. The second kappa shape index (κ2) is 6.45. The van der Waals surface area contributed by atoms with Crippen LogP contribution in [0.5, 0.6) is 5.75 Å². The Hall–Kier alpha value is -2.27. The molecule has 0 bridgehead atoms. The number of nitrogens with one attached hydrogen (secondary N) is 2. The van der Waals surface area contributed by atoms with E-state index in [0.29, 0.717) is 0 Å². The molecule has 2 N–H and O–H groups in total. The summed E-state index contributed by atoms with van der Waals surface area (Å²) >= 11 is 0. The maximum atomic E-state index is 5.29. The molecule has 5 nitrogen and oxygen atoms in total. The molecule has 1 aromatic carbocycles. The van der Waals surface area contributed by atoms with E-state index >= 15 is 0 Å². The summed E-state index contributed by atoms with van der Waals surface area (Å²) in [4.78, 5) is 7.33. The van der Waals surface area contributed by atoms with E-state index in [1.54, 1.807) is 7.11 Å². The van der Waals surface area contributed by atoms with Gasteiger partial charge in [0.05, 0.1) is 13.4 Å². The standard InChI is InChI=1S/C16H20N4O/c1-21-14-3-4-16-15(9-14)13(11-19-16)10-17-5-2-7-20-8-6-18-12-20/h3-4,6,8-9,11-12,17,19H,2,5,7,10H2,1H3. The Morgan fingerprint density at radius 2 is 2.33 bits per heavy atom. The van der Waals surface area contributed by atoms with Crippen molar-refractivity contribution >= 4 is 10.9 Å². The third kappa shape index (κ3) is 3.25. The van der Waals surface area contributed by atoms with Crippen molar-refractivity contribution in [1.29, 1.82) is 0 Å². The number of ether oxygens (including phenoxy) is 1. The van der Waals surface area contributed by atoms with Gasteiger partial charge in [-0.15, -0.1) is 0 Å². The number of aromatic nitrogens is 3. The quantitative estimate of drug-likeness (QED) is 0.656. The Morgan fingerprint density at radius 1 is 1.38 bits per heavy atom. The summed E-state index contributed by atoms with van der Waals surface area (Å²) in [6.07, 6.45) is 8.81. The van der Waals surface area contributed by atoms with Crippen molar-refractivity contribution in [3.63, 3.8) is 0 Å². The van der Waals surface area contributed by atoms with Gasteiger partial charge in [0, 0.05) is 42.6 Å². The highest BCUT2D eigenvalue weighted by atomic mass is 16.5. The first-order valence-electron chi connectivity index (χ1n) is 7.17. The van der Waals surface area contributed by atoms with Crippen LogP contribution in [0.15, 0.2) is 43.1 Å². The molecule has 2 heterocycles. The van der Waals surface area contributed by atoms with Gasteiger partial charge in [-0.1, -0.05) is 0 Å². The van der Waals surface area contributed by atoms with E-state index in [9.17, 15) is 0 Å². The fourth-order valence-corrected chi connectivity index (χ4v) is 2.46. The number of nitrogens with zero attached hydrogens (tertiary/aromatic N) is 2. The predicted molar refractivity (Wildman–Crippen MR) is 83.4 cm³/mol. The lowest BCUT2D eigenvalue weighted by Gasteiger charge is -2.05. The van der Waals surface area contributed by atoms with Gasteiger partial charge in [-0.05, 0) is 36.7 Å². The van der Waals surface area contributed by atoms with Crippen LogP contribution in [0.4, 0.5) is 0 Å². The molecule has 0 radical (unpaired) electrons. The fraction of sp³-hybridized carbons (Fsp3) is 0.312. The number of aromatic amines is 1. The van der Waals surface area contributed by atoms with Crippen molar-refractivity contribution < 1.29 is 4.74 Å². The summed E-state index contributed by atoms with van der Waals surface area (Å²) in [6, 6.07) is 6.10. The fourth-order valence-electron chi connectivity index (χ4n) is 2.46. The molecule has 3 aromatic rings. The molecule has 0 atom stereocenters. The SMILES string of the molecule is COc1ccc2[nH]cc(CNCCCn3ccnc3)c2c1. The lowest BCUT2D eigenvalue weighted by atomic mass is 10.1. The highest BCUT2D eigenvalue weighted by Crippen LogP contribution is 2.23. The van der Waals surface area contributed by atoms with Gasteiger partial charge in [0.2, 0.25) is 0 Å². The number of imidazole rings is 1. The summed E-state index contributed by atoms with van der Waals surface area (Å²) < 4.78 is 7.38. The van der Waals surface area contributed by atoms with Crippen molar-refractivity contribution in [2.45, 2.75) is 19.5 Å². The second-order valence-corrected chi connectivity index (χ2v) is 5.06. The molecule has 0 unspecified atom stereocenters. The topological polar surface area (TPSA) is 54.9 Å². The minimum absolute atomic E-state index is 0.858. The molecule has 2 aromatic heterocycles. The van der Waals surface area contributed by atoms with Crippen LogP contribution in [0.2, 0.25) is 0 Å². The molecule has 3 rings (SSSR count). The summed E-state index contributed by atoms with van der Waals surface area (Å²) in [7, 11) is 1.70. The van der Waals surface area contributed by atoms with Gasteiger partial charge in [0.25, 0.3) is 0 Å². The van der Waals surface area contributed by atoms with Crippen LogP contribution in [0, 0.1) is 0 Å². The van der Waals surface area contributed by atoms with Crippen molar-refractivity contribution in [3.8, 4) is 5.75 Å². The van der Waals surface area contributed by atoms with Crippen molar-refractivity contribution in [3.05, 3.63) is 48.7 Å². The zero-order valence-electron chi connectivity index (χ0n) is 12.2. The number of fused-ring (bicyclic) bond motifs is 1. The van der Waals surface area contributed by atoms with E-state index in [0.717, 1.165) is 37.3 Å². The number of H-pyrrole nitrogens is 1. The first kappa shape index (κ1) is 13.7. The first-order valence-corrected chi connectivity index (χ1v) is 7.17. The average molecular weight is 284 g/mol. The summed E-state index contributed by atoms with van der Waals surface area (Å²) in [5, 5.41) is 4.70. The molecule has 0 aliphatic rings. The highest BCUT2D eigenvalue weighted by Gasteiger charge is 2.04. The minimum atomic E-state index is 0.858. The predicted octanol–water partition coefficient (Wildman–Crippen LogP) is 2.55. The molecule has 0 saturated heterocycles. The van der Waals surface area contributed by atoms with Crippen LogP contribution < -0.4 is 10.1 Å². The van der Waals surface area contributed by atoms with Gasteiger partial charge in [0.15, 0.2) is 0 Å². The van der Waals surface area contributed by atoms with E-state index in [1.165, 1.54) is 10.9 Å². The number of hydrogen-bond donors (Lipinski definition) is 2. The van der Waals surface area contributed by atoms with Gasteiger partial charge in [-0.2, -0.15) is 0 Å². The Bertz CT molecular complexity index is 687. The van der Waals surface area contributed by atoms with Crippen molar-refractivity contribution in [1.82, 2.24) is 19.9 Å². The molecule has 110 valence electrons. The normalized spacial score (nSPS) is 11.1. The Kier molecular flexibility index (Phi) is 4.21. The van der Waals surface area contributed by atoms with Gasteiger partial charge in [0.1, 0.15) is 5.75 Å². The minimum Gasteiger partial charge on any atom is -0.497 e. The molecule has 0 fully saturated rings. The molecule has 21 heavy (non-hydrogen) atoms. The van der Waals surface area contributed by atoms with E-state index in [-0.39, 0.29) is 0 Å². The number of methoxy groups -OCH3 is 1. The van der Waals surface area contributed by atoms with Crippen molar-refractivity contribution in [2.75, 3.05) is 13.7 Å². The molecular weight excluding hydrogens is 264 g/mol. The Morgan fingerprint density at radius 3 is 3.14 bits per heavy atom. The molecule has 0 saturated carbocycles. The van der Waals surface area contributed by atoms with E-state index in [2.05, 4.69) is 38.2 Å². The zero-order chi connectivity index (χ0) is 14.5. The number of hydrogen-bond acceptors (Lipinski definition) is 3. The van der Waals surface area contributed by atoms with Crippen LogP contribution >= 0.6 is 0 Å². The van der Waals surface area contributed by atoms with Crippen LogP contribution in [0.1, 0.15) is 12.0 Å². The van der Waals surface area contributed by atoms with E-state index < -0.39 is 0 Å². The molecule has 5 heteroatoms. The number of rotatable bonds is 7.